The third kappa shape index (κ3) is 3.11. The molecule has 1 amide bonds. The number of amides is 1. The number of carbonyl (C=O) groups is 1. The Balaban J connectivity index is 1.84. The van der Waals surface area contributed by atoms with Crippen molar-refractivity contribution in [1.82, 2.24) is 15.2 Å². The van der Waals surface area contributed by atoms with Crippen LogP contribution in [0.2, 0.25) is 0 Å². The number of hydrogen-bond acceptors (Lipinski definition) is 7. The summed E-state index contributed by atoms with van der Waals surface area (Å²) in [7, 11) is 0. The number of nitrogen functional groups attached to an aromatic ring is 1. The van der Waals surface area contributed by atoms with E-state index in [2.05, 4.69) is 14.9 Å². The summed E-state index contributed by atoms with van der Waals surface area (Å²) in [5.41, 5.74) is 5.67. The Morgan fingerprint density at radius 3 is 2.19 bits per heavy atom. The molecule has 8 heteroatoms. The summed E-state index contributed by atoms with van der Waals surface area (Å²) in [6.45, 7) is 1.00. The molecule has 0 aliphatic carbocycles. The van der Waals surface area contributed by atoms with E-state index in [1.807, 2.05) is 35.0 Å². The van der Waals surface area contributed by atoms with E-state index in [1.165, 1.54) is 0 Å². The zero-order valence-electron chi connectivity index (χ0n) is 10.9. The van der Waals surface area contributed by atoms with Gasteiger partial charge in [-0.1, -0.05) is 12.1 Å². The second kappa shape index (κ2) is 6.06. The topological polar surface area (TPSA) is 85.2 Å². The van der Waals surface area contributed by atoms with Gasteiger partial charge in [-0.05, 0) is 33.2 Å². The maximum absolute atomic E-state index is 12.6. The zero-order chi connectivity index (χ0) is 14.7. The van der Waals surface area contributed by atoms with Gasteiger partial charge in [-0.2, -0.15) is 0 Å². The minimum Gasteiger partial charge on any atom is -0.379 e. The Kier molecular flexibility index (Phi) is 3.98. The molecule has 0 fully saturated rings. The lowest BCUT2D eigenvalue weighted by Crippen LogP contribution is -2.30. The highest BCUT2D eigenvalue weighted by atomic mass is 32.1. The number of thiophene rings is 2. The number of nitrogens with zero attached hydrogens (tertiary/aromatic N) is 3. The number of nitrogens with two attached hydrogens (primary N) is 1. The highest BCUT2D eigenvalue weighted by molar-refractivity contribution is 7.10. The molecular formula is C13H12N4O2S2. The van der Waals surface area contributed by atoms with Crippen molar-refractivity contribution in [2.24, 2.45) is 0 Å². The van der Waals surface area contributed by atoms with Crippen molar-refractivity contribution in [3.8, 4) is 0 Å². The first kappa shape index (κ1) is 13.8. The number of anilines is 1. The van der Waals surface area contributed by atoms with Crippen LogP contribution in [-0.2, 0) is 13.1 Å². The molecule has 6 nitrogen and oxygen atoms in total. The Morgan fingerprint density at radius 2 is 1.76 bits per heavy atom. The predicted molar refractivity (Wildman–Crippen MR) is 80.9 cm³/mol. The van der Waals surface area contributed by atoms with Crippen molar-refractivity contribution in [3.05, 3.63) is 50.5 Å². The van der Waals surface area contributed by atoms with E-state index in [1.54, 1.807) is 27.6 Å². The van der Waals surface area contributed by atoms with Crippen molar-refractivity contribution in [3.63, 3.8) is 0 Å². The van der Waals surface area contributed by atoms with Crippen LogP contribution in [0.15, 0.2) is 39.7 Å². The largest absolute Gasteiger partial charge is 0.379 e. The number of hydrogen-bond donors (Lipinski definition) is 1. The molecule has 108 valence electrons. The average molecular weight is 320 g/mol. The maximum atomic E-state index is 12.6. The van der Waals surface area contributed by atoms with Crippen LogP contribution in [0.3, 0.4) is 0 Å². The molecular weight excluding hydrogens is 308 g/mol. The maximum Gasteiger partial charge on any atom is 0.280 e. The summed E-state index contributed by atoms with van der Waals surface area (Å²) >= 11 is 3.20. The standard InChI is InChI=1S/C13H12N4O2S2/c14-12-11(15-19-16-12)13(18)17(7-9-3-1-5-20-9)8-10-4-2-6-21-10/h1-6H,7-8H2,(H2,14,16). The molecule has 0 saturated heterocycles. The van der Waals surface area contributed by atoms with E-state index in [-0.39, 0.29) is 17.4 Å². The van der Waals surface area contributed by atoms with Gasteiger partial charge in [0.15, 0.2) is 0 Å². The lowest BCUT2D eigenvalue weighted by Gasteiger charge is -2.20. The summed E-state index contributed by atoms with van der Waals surface area (Å²) < 4.78 is 4.52. The first-order chi connectivity index (χ1) is 10.2. The minimum atomic E-state index is -0.282. The summed E-state index contributed by atoms with van der Waals surface area (Å²) in [6.07, 6.45) is 0. The SMILES string of the molecule is Nc1nonc1C(=O)N(Cc1cccs1)Cc1cccs1. The summed E-state index contributed by atoms with van der Waals surface area (Å²) in [6, 6.07) is 7.90. The zero-order valence-corrected chi connectivity index (χ0v) is 12.6. The van der Waals surface area contributed by atoms with Gasteiger partial charge in [-0.3, -0.25) is 4.79 Å². The van der Waals surface area contributed by atoms with Crippen molar-refractivity contribution in [2.75, 3.05) is 5.73 Å². The van der Waals surface area contributed by atoms with Crippen LogP contribution in [0.1, 0.15) is 20.2 Å². The van der Waals surface area contributed by atoms with Crippen molar-refractivity contribution in [2.45, 2.75) is 13.1 Å². The molecule has 0 aromatic carbocycles. The molecule has 0 atom stereocenters. The van der Waals surface area contributed by atoms with Gasteiger partial charge >= 0.3 is 0 Å². The number of rotatable bonds is 5. The van der Waals surface area contributed by atoms with Crippen molar-refractivity contribution >= 4 is 34.4 Å². The second-order valence-corrected chi connectivity index (χ2v) is 6.38. The van der Waals surface area contributed by atoms with E-state index in [0.717, 1.165) is 9.75 Å². The van der Waals surface area contributed by atoms with Gasteiger partial charge in [0.05, 0.1) is 13.1 Å². The van der Waals surface area contributed by atoms with Gasteiger partial charge < -0.3 is 10.6 Å². The van der Waals surface area contributed by atoms with Gasteiger partial charge in [0.2, 0.25) is 11.5 Å². The highest BCUT2D eigenvalue weighted by Crippen LogP contribution is 2.20. The minimum absolute atomic E-state index is 0.0161. The Hall–Kier alpha value is -2.19. The van der Waals surface area contributed by atoms with Crippen molar-refractivity contribution in [1.29, 1.82) is 0 Å². The molecule has 0 unspecified atom stereocenters. The van der Waals surface area contributed by atoms with Crippen LogP contribution >= 0.6 is 22.7 Å². The summed E-state index contributed by atoms with van der Waals surface area (Å²) in [5.74, 6) is -0.266. The Bertz CT molecular complexity index is 670. The lowest BCUT2D eigenvalue weighted by atomic mass is 10.3. The number of carbonyl (C=O) groups excluding carboxylic acids is 1. The van der Waals surface area contributed by atoms with E-state index in [0.29, 0.717) is 13.1 Å². The predicted octanol–water partition coefficient (Wildman–Crippen LogP) is 2.62. The van der Waals surface area contributed by atoms with Gasteiger partial charge in [0.25, 0.3) is 5.91 Å². The average Bonchev–Trinajstić information content (AvgIpc) is 3.19. The fourth-order valence-electron chi connectivity index (χ4n) is 1.87. The fourth-order valence-corrected chi connectivity index (χ4v) is 3.31. The lowest BCUT2D eigenvalue weighted by molar-refractivity contribution is 0.0723. The molecule has 3 heterocycles. The molecule has 0 spiro atoms. The highest BCUT2D eigenvalue weighted by Gasteiger charge is 2.23. The van der Waals surface area contributed by atoms with E-state index >= 15 is 0 Å². The van der Waals surface area contributed by atoms with E-state index in [4.69, 9.17) is 5.73 Å². The van der Waals surface area contributed by atoms with Crippen LogP contribution in [0.25, 0.3) is 0 Å². The molecule has 3 aromatic rings. The van der Waals surface area contributed by atoms with Crippen LogP contribution < -0.4 is 5.73 Å². The van der Waals surface area contributed by atoms with Gasteiger partial charge in [0.1, 0.15) is 0 Å². The third-order valence-corrected chi connectivity index (χ3v) is 4.58. The quantitative estimate of drug-likeness (QED) is 0.781. The third-order valence-electron chi connectivity index (χ3n) is 2.86. The van der Waals surface area contributed by atoms with Crippen LogP contribution in [0, 0.1) is 0 Å². The van der Waals surface area contributed by atoms with E-state index in [9.17, 15) is 4.79 Å². The van der Waals surface area contributed by atoms with Gasteiger partial charge in [-0.25, -0.2) is 4.63 Å². The van der Waals surface area contributed by atoms with Gasteiger partial charge in [-0.15, -0.1) is 22.7 Å². The normalized spacial score (nSPS) is 10.7. The molecule has 2 N–H and O–H groups in total. The molecule has 0 aliphatic heterocycles. The van der Waals surface area contributed by atoms with Crippen LogP contribution in [0.4, 0.5) is 5.82 Å². The molecule has 0 radical (unpaired) electrons. The first-order valence-corrected chi connectivity index (χ1v) is 7.92. The second-order valence-electron chi connectivity index (χ2n) is 4.32. The molecule has 0 aliphatic rings. The Morgan fingerprint density at radius 1 is 1.14 bits per heavy atom. The molecule has 3 rings (SSSR count). The monoisotopic (exact) mass is 320 g/mol. The smallest absolute Gasteiger partial charge is 0.280 e. The van der Waals surface area contributed by atoms with Crippen LogP contribution in [0.5, 0.6) is 0 Å². The molecule has 21 heavy (non-hydrogen) atoms. The molecule has 0 saturated carbocycles. The fraction of sp³-hybridized carbons (Fsp3) is 0.154. The van der Waals surface area contributed by atoms with Crippen LogP contribution in [-0.4, -0.2) is 21.1 Å². The van der Waals surface area contributed by atoms with Gasteiger partial charge in [0, 0.05) is 9.75 Å². The molecule has 3 aromatic heterocycles. The molecule has 0 bridgehead atoms. The van der Waals surface area contributed by atoms with Crippen molar-refractivity contribution < 1.29 is 9.42 Å². The van der Waals surface area contributed by atoms with E-state index < -0.39 is 0 Å². The summed E-state index contributed by atoms with van der Waals surface area (Å²) in [5, 5.41) is 11.0. The Labute approximate surface area is 128 Å². The summed E-state index contributed by atoms with van der Waals surface area (Å²) in [4.78, 5) is 16.4. The first-order valence-electron chi connectivity index (χ1n) is 6.16. The number of aromatic nitrogens is 2.